The van der Waals surface area contributed by atoms with Crippen LogP contribution in [-0.2, 0) is 27.3 Å². The quantitative estimate of drug-likeness (QED) is 0.588. The van der Waals surface area contributed by atoms with E-state index in [9.17, 15) is 14.4 Å². The van der Waals surface area contributed by atoms with Crippen LogP contribution < -0.4 is 10.2 Å². The zero-order valence-corrected chi connectivity index (χ0v) is 17.7. The largest absolute Gasteiger partial charge is 0.367 e. The summed E-state index contributed by atoms with van der Waals surface area (Å²) in [5.41, 5.74) is 4.31. The number of nitrogens with one attached hydrogen (secondary N) is 1. The van der Waals surface area contributed by atoms with Gasteiger partial charge in [0, 0.05) is 24.5 Å². The van der Waals surface area contributed by atoms with E-state index < -0.39 is 0 Å². The molecule has 2 aliphatic carbocycles. The third-order valence-corrected chi connectivity index (χ3v) is 7.50. The number of carbonyl (C=O) groups is 3. The van der Waals surface area contributed by atoms with Gasteiger partial charge in [0.2, 0.25) is 17.7 Å². The summed E-state index contributed by atoms with van der Waals surface area (Å²) < 4.78 is 0. The first-order valence-corrected chi connectivity index (χ1v) is 11.3. The average Bonchev–Trinajstić information content (AvgIpc) is 3.56. The number of imide groups is 1. The Balaban J connectivity index is 1.15. The highest BCUT2D eigenvalue weighted by atomic mass is 16.2. The van der Waals surface area contributed by atoms with Crippen LogP contribution in [0.1, 0.15) is 17.5 Å². The molecule has 2 bridgehead atoms. The van der Waals surface area contributed by atoms with Gasteiger partial charge < -0.3 is 10.2 Å². The molecule has 32 heavy (non-hydrogen) atoms. The first kappa shape index (κ1) is 19.3. The fourth-order valence-electron chi connectivity index (χ4n) is 6.01. The van der Waals surface area contributed by atoms with Crippen molar-refractivity contribution >= 4 is 29.1 Å². The van der Waals surface area contributed by atoms with Crippen molar-refractivity contribution in [3.05, 3.63) is 71.8 Å². The maximum absolute atomic E-state index is 12.9. The Hall–Kier alpha value is -3.41. The number of fused-ring (bicyclic) bond motifs is 6. The molecule has 1 saturated heterocycles. The molecule has 0 aromatic heterocycles. The maximum atomic E-state index is 12.9. The van der Waals surface area contributed by atoms with Crippen LogP contribution in [0.2, 0.25) is 0 Å². The SMILES string of the molecule is O=C(CN1C(=O)[C@@H]2[C@H](C1=O)[C@H]1C=C[C@H]2C1)Nc1ccccc1CN1CCc2ccccc21. The minimum atomic E-state index is -0.332. The summed E-state index contributed by atoms with van der Waals surface area (Å²) in [6.45, 7) is 1.41. The third kappa shape index (κ3) is 2.97. The first-order valence-electron chi connectivity index (χ1n) is 11.3. The van der Waals surface area contributed by atoms with Crippen molar-refractivity contribution in [2.24, 2.45) is 23.7 Å². The van der Waals surface area contributed by atoms with Crippen LogP contribution in [0, 0.1) is 23.7 Å². The van der Waals surface area contributed by atoms with Crippen molar-refractivity contribution < 1.29 is 14.4 Å². The van der Waals surface area contributed by atoms with Crippen molar-refractivity contribution in [2.75, 3.05) is 23.3 Å². The van der Waals surface area contributed by atoms with E-state index in [1.807, 2.05) is 30.3 Å². The van der Waals surface area contributed by atoms with Crippen LogP contribution in [-0.4, -0.2) is 35.7 Å². The topological polar surface area (TPSA) is 69.7 Å². The van der Waals surface area contributed by atoms with Gasteiger partial charge in [-0.25, -0.2) is 0 Å². The van der Waals surface area contributed by atoms with E-state index >= 15 is 0 Å². The van der Waals surface area contributed by atoms with Gasteiger partial charge in [-0.1, -0.05) is 48.6 Å². The van der Waals surface area contributed by atoms with Gasteiger partial charge in [-0.2, -0.15) is 0 Å². The molecule has 4 aliphatic rings. The molecule has 1 N–H and O–H groups in total. The Kier molecular flexibility index (Phi) is 4.42. The molecule has 0 unspecified atom stereocenters. The molecule has 2 aliphatic heterocycles. The highest BCUT2D eigenvalue weighted by Crippen LogP contribution is 2.52. The third-order valence-electron chi connectivity index (χ3n) is 7.50. The van der Waals surface area contributed by atoms with Crippen molar-refractivity contribution in [1.29, 1.82) is 0 Å². The average molecular weight is 428 g/mol. The predicted molar refractivity (Wildman–Crippen MR) is 121 cm³/mol. The van der Waals surface area contributed by atoms with Gasteiger partial charge in [0.1, 0.15) is 6.54 Å². The van der Waals surface area contributed by atoms with Gasteiger partial charge >= 0.3 is 0 Å². The number of para-hydroxylation sites is 2. The van der Waals surface area contributed by atoms with E-state index in [-0.39, 0.29) is 47.9 Å². The highest BCUT2D eigenvalue weighted by molar-refractivity contribution is 6.09. The van der Waals surface area contributed by atoms with Gasteiger partial charge in [0.15, 0.2) is 0 Å². The number of likely N-dealkylation sites (tertiary alicyclic amines) is 1. The summed E-state index contributed by atoms with van der Waals surface area (Å²) in [4.78, 5) is 42.1. The molecule has 162 valence electrons. The number of hydrogen-bond acceptors (Lipinski definition) is 4. The van der Waals surface area contributed by atoms with Gasteiger partial charge in [0.25, 0.3) is 0 Å². The summed E-state index contributed by atoms with van der Waals surface area (Å²) in [6.07, 6.45) is 6.03. The standard InChI is InChI=1S/C26H25N3O3/c30-22(15-29-25(31)23-17-9-10-18(13-17)24(23)26(29)32)27-20-7-3-1-6-19(20)14-28-12-11-16-5-2-4-8-21(16)28/h1-10,17-18,23-24H,11-15H2,(H,27,30)/t17-,18-,23-,24+/m0/s1. The molecular formula is C26H25N3O3. The molecule has 4 atom stereocenters. The van der Waals surface area contributed by atoms with Gasteiger partial charge in [-0.05, 0) is 47.9 Å². The monoisotopic (exact) mass is 427 g/mol. The lowest BCUT2D eigenvalue weighted by molar-refractivity contribution is -0.143. The molecule has 3 amide bonds. The number of benzene rings is 2. The van der Waals surface area contributed by atoms with Crippen LogP contribution in [0.4, 0.5) is 11.4 Å². The molecule has 6 nitrogen and oxygen atoms in total. The molecule has 1 saturated carbocycles. The molecule has 2 aromatic carbocycles. The highest BCUT2D eigenvalue weighted by Gasteiger charge is 2.59. The minimum Gasteiger partial charge on any atom is -0.367 e. The lowest BCUT2D eigenvalue weighted by atomic mass is 9.85. The van der Waals surface area contributed by atoms with Gasteiger partial charge in [-0.15, -0.1) is 0 Å². The molecule has 2 fully saturated rings. The number of rotatable bonds is 5. The summed E-state index contributed by atoms with van der Waals surface area (Å²) >= 11 is 0. The first-order chi connectivity index (χ1) is 15.6. The van der Waals surface area contributed by atoms with Crippen LogP contribution in [0.5, 0.6) is 0 Å². The van der Waals surface area contributed by atoms with Crippen molar-refractivity contribution in [1.82, 2.24) is 4.90 Å². The molecule has 0 spiro atoms. The summed E-state index contributed by atoms with van der Waals surface area (Å²) in [5.74, 6) is -0.943. The zero-order chi connectivity index (χ0) is 21.8. The van der Waals surface area contributed by atoms with E-state index in [0.717, 1.165) is 30.6 Å². The van der Waals surface area contributed by atoms with E-state index in [1.165, 1.54) is 16.2 Å². The summed E-state index contributed by atoms with van der Waals surface area (Å²) in [6, 6.07) is 16.1. The lowest BCUT2D eigenvalue weighted by Gasteiger charge is -2.22. The number of anilines is 2. The number of amides is 3. The van der Waals surface area contributed by atoms with Crippen molar-refractivity contribution in [3.8, 4) is 0 Å². The Bertz CT molecular complexity index is 1130. The summed E-state index contributed by atoms with van der Waals surface area (Å²) in [5, 5.41) is 2.95. The fourth-order valence-corrected chi connectivity index (χ4v) is 6.01. The van der Waals surface area contributed by atoms with E-state index in [4.69, 9.17) is 0 Å². The molecule has 2 aromatic rings. The van der Waals surface area contributed by atoms with Gasteiger partial charge in [-0.3, -0.25) is 19.3 Å². The van der Waals surface area contributed by atoms with Crippen LogP contribution in [0.3, 0.4) is 0 Å². The smallest absolute Gasteiger partial charge is 0.244 e. The number of allylic oxidation sites excluding steroid dienone is 2. The fraction of sp³-hybridized carbons (Fsp3) is 0.346. The normalized spacial score (nSPS) is 27.2. The predicted octanol–water partition coefficient (Wildman–Crippen LogP) is 2.99. The Morgan fingerprint density at radius 3 is 2.41 bits per heavy atom. The Morgan fingerprint density at radius 1 is 0.938 bits per heavy atom. The molecule has 6 heteroatoms. The molecule has 6 rings (SSSR count). The van der Waals surface area contributed by atoms with Crippen LogP contribution in [0.25, 0.3) is 0 Å². The van der Waals surface area contributed by atoms with E-state index in [0.29, 0.717) is 6.54 Å². The van der Waals surface area contributed by atoms with Crippen LogP contribution in [0.15, 0.2) is 60.7 Å². The second kappa shape index (κ2) is 7.33. The number of nitrogens with zero attached hydrogens (tertiary/aromatic N) is 2. The maximum Gasteiger partial charge on any atom is 0.244 e. The zero-order valence-electron chi connectivity index (χ0n) is 17.7. The van der Waals surface area contributed by atoms with Crippen molar-refractivity contribution in [2.45, 2.75) is 19.4 Å². The van der Waals surface area contributed by atoms with E-state index in [2.05, 4.69) is 40.6 Å². The lowest BCUT2D eigenvalue weighted by Crippen LogP contribution is -2.39. The van der Waals surface area contributed by atoms with Crippen molar-refractivity contribution in [3.63, 3.8) is 0 Å². The second-order valence-corrected chi connectivity index (χ2v) is 9.27. The Labute approximate surface area is 186 Å². The summed E-state index contributed by atoms with van der Waals surface area (Å²) in [7, 11) is 0. The molecule has 0 radical (unpaired) electrons. The van der Waals surface area contributed by atoms with Gasteiger partial charge in [0.05, 0.1) is 11.8 Å². The number of hydrogen-bond donors (Lipinski definition) is 1. The molecule has 2 heterocycles. The second-order valence-electron chi connectivity index (χ2n) is 9.27. The van der Waals surface area contributed by atoms with E-state index in [1.54, 1.807) is 0 Å². The number of carbonyl (C=O) groups excluding carboxylic acids is 3. The minimum absolute atomic E-state index is 0.151. The van der Waals surface area contributed by atoms with Crippen LogP contribution >= 0.6 is 0 Å². The molecular weight excluding hydrogens is 402 g/mol. The Morgan fingerprint density at radius 2 is 1.62 bits per heavy atom.